The van der Waals surface area contributed by atoms with Gasteiger partial charge in [-0.25, -0.2) is 0 Å². The molecule has 2 aromatic carbocycles. The van der Waals surface area contributed by atoms with Gasteiger partial charge in [-0.1, -0.05) is 24.3 Å². The molecule has 0 saturated carbocycles. The number of carbonyl (C=O) groups is 2. The Morgan fingerprint density at radius 1 is 1.04 bits per heavy atom. The van der Waals surface area contributed by atoms with Crippen LogP contribution in [0.25, 0.3) is 0 Å². The Bertz CT molecular complexity index is 801. The van der Waals surface area contributed by atoms with Crippen molar-refractivity contribution in [2.75, 3.05) is 20.2 Å². The van der Waals surface area contributed by atoms with E-state index < -0.39 is 0 Å². The fourth-order valence-corrected chi connectivity index (χ4v) is 3.58. The van der Waals surface area contributed by atoms with Crippen LogP contribution in [0.15, 0.2) is 53.0 Å². The van der Waals surface area contributed by atoms with E-state index >= 15 is 0 Å². The Labute approximate surface area is 161 Å². The van der Waals surface area contributed by atoms with E-state index in [1.54, 1.807) is 19.2 Å². The summed E-state index contributed by atoms with van der Waals surface area (Å²) in [6.07, 6.45) is 1.47. The van der Waals surface area contributed by atoms with Crippen LogP contribution in [0.2, 0.25) is 0 Å². The van der Waals surface area contributed by atoms with Crippen LogP contribution in [-0.2, 0) is 0 Å². The van der Waals surface area contributed by atoms with Gasteiger partial charge in [0.1, 0.15) is 5.75 Å². The molecule has 0 spiro atoms. The molecule has 1 fully saturated rings. The number of hydrogen-bond acceptors (Lipinski definition) is 3. The molecule has 1 N–H and O–H groups in total. The first kappa shape index (κ1) is 18.5. The maximum Gasteiger partial charge on any atom is 0.255 e. The number of hydrogen-bond donors (Lipinski definition) is 1. The summed E-state index contributed by atoms with van der Waals surface area (Å²) in [5, 5.41) is 3.05. The van der Waals surface area contributed by atoms with Gasteiger partial charge in [0.15, 0.2) is 0 Å². The number of benzene rings is 2. The van der Waals surface area contributed by atoms with Gasteiger partial charge in [-0.3, -0.25) is 9.59 Å². The average molecular weight is 417 g/mol. The number of amides is 2. The molecule has 0 bridgehead atoms. The van der Waals surface area contributed by atoms with Crippen LogP contribution in [0.4, 0.5) is 0 Å². The SMILES string of the molecule is COc1ccccc1C(=O)NC1CCN(C(=O)c2ccccc2Br)CC1. The molecule has 5 nitrogen and oxygen atoms in total. The lowest BCUT2D eigenvalue weighted by Gasteiger charge is -2.32. The van der Waals surface area contributed by atoms with Gasteiger partial charge in [0.2, 0.25) is 0 Å². The van der Waals surface area contributed by atoms with E-state index in [9.17, 15) is 9.59 Å². The predicted octanol–water partition coefficient (Wildman–Crippen LogP) is 3.49. The molecule has 0 atom stereocenters. The summed E-state index contributed by atoms with van der Waals surface area (Å²) in [6, 6.07) is 14.7. The summed E-state index contributed by atoms with van der Waals surface area (Å²) in [5.41, 5.74) is 1.20. The summed E-state index contributed by atoms with van der Waals surface area (Å²) in [4.78, 5) is 27.0. The fourth-order valence-electron chi connectivity index (χ4n) is 3.13. The van der Waals surface area contributed by atoms with E-state index in [0.717, 1.165) is 17.3 Å². The molecule has 26 heavy (non-hydrogen) atoms. The molecule has 0 aliphatic carbocycles. The standard InChI is InChI=1S/C20H21BrN2O3/c1-26-18-9-5-3-7-16(18)19(24)22-14-10-12-23(13-11-14)20(25)15-6-2-4-8-17(15)21/h2-9,14H,10-13H2,1H3,(H,22,24). The van der Waals surface area contributed by atoms with Crippen LogP contribution in [0, 0.1) is 0 Å². The molecule has 1 aliphatic rings. The van der Waals surface area contributed by atoms with Crippen molar-refractivity contribution < 1.29 is 14.3 Å². The number of nitrogens with one attached hydrogen (secondary N) is 1. The zero-order chi connectivity index (χ0) is 18.5. The zero-order valence-corrected chi connectivity index (χ0v) is 16.2. The Hall–Kier alpha value is -2.34. The van der Waals surface area contributed by atoms with Crippen molar-refractivity contribution in [3.05, 3.63) is 64.1 Å². The van der Waals surface area contributed by atoms with Gasteiger partial charge in [-0.15, -0.1) is 0 Å². The zero-order valence-electron chi connectivity index (χ0n) is 14.6. The molecular formula is C20H21BrN2O3. The third-order valence-electron chi connectivity index (χ3n) is 4.57. The topological polar surface area (TPSA) is 58.6 Å². The van der Waals surface area contributed by atoms with Crippen molar-refractivity contribution in [3.8, 4) is 5.75 Å². The summed E-state index contributed by atoms with van der Waals surface area (Å²) < 4.78 is 6.05. The van der Waals surface area contributed by atoms with Crippen LogP contribution in [0.5, 0.6) is 5.75 Å². The molecule has 0 radical (unpaired) electrons. The first-order valence-corrected chi connectivity index (χ1v) is 9.37. The lowest BCUT2D eigenvalue weighted by molar-refractivity contribution is 0.0697. The third kappa shape index (κ3) is 4.07. The summed E-state index contributed by atoms with van der Waals surface area (Å²) >= 11 is 3.43. The first-order chi connectivity index (χ1) is 12.6. The molecule has 1 heterocycles. The maximum atomic E-state index is 12.6. The second-order valence-corrected chi connectivity index (χ2v) is 7.07. The summed E-state index contributed by atoms with van der Waals surface area (Å²) in [7, 11) is 1.55. The summed E-state index contributed by atoms with van der Waals surface area (Å²) in [5.74, 6) is 0.441. The Balaban J connectivity index is 1.58. The summed E-state index contributed by atoms with van der Waals surface area (Å²) in [6.45, 7) is 1.24. The van der Waals surface area contributed by atoms with E-state index in [1.807, 2.05) is 41.3 Å². The Kier molecular flexibility index (Phi) is 5.93. The van der Waals surface area contributed by atoms with E-state index in [4.69, 9.17) is 4.74 Å². The second-order valence-electron chi connectivity index (χ2n) is 6.22. The normalized spacial score (nSPS) is 14.8. The van der Waals surface area contributed by atoms with Gasteiger partial charge in [0.05, 0.1) is 18.2 Å². The second kappa shape index (κ2) is 8.36. The smallest absolute Gasteiger partial charge is 0.255 e. The van der Waals surface area contributed by atoms with E-state index in [0.29, 0.717) is 30.0 Å². The van der Waals surface area contributed by atoms with E-state index in [1.165, 1.54) is 0 Å². The van der Waals surface area contributed by atoms with Crippen molar-refractivity contribution in [3.63, 3.8) is 0 Å². The van der Waals surface area contributed by atoms with Gasteiger partial charge >= 0.3 is 0 Å². The highest BCUT2D eigenvalue weighted by Gasteiger charge is 2.26. The number of para-hydroxylation sites is 1. The molecule has 0 unspecified atom stereocenters. The van der Waals surface area contributed by atoms with Crippen molar-refractivity contribution in [1.82, 2.24) is 10.2 Å². The minimum absolute atomic E-state index is 0.0204. The number of nitrogens with zero attached hydrogens (tertiary/aromatic N) is 1. The lowest BCUT2D eigenvalue weighted by atomic mass is 10.0. The molecule has 3 rings (SSSR count). The van der Waals surface area contributed by atoms with Crippen LogP contribution < -0.4 is 10.1 Å². The van der Waals surface area contributed by atoms with Gasteiger partial charge in [0.25, 0.3) is 11.8 Å². The van der Waals surface area contributed by atoms with Crippen molar-refractivity contribution in [2.45, 2.75) is 18.9 Å². The molecule has 2 aromatic rings. The van der Waals surface area contributed by atoms with Crippen LogP contribution in [0.1, 0.15) is 33.6 Å². The van der Waals surface area contributed by atoms with Crippen molar-refractivity contribution in [2.24, 2.45) is 0 Å². The molecule has 1 aliphatic heterocycles. The van der Waals surface area contributed by atoms with Crippen LogP contribution in [-0.4, -0.2) is 43.0 Å². The molecule has 6 heteroatoms. The number of piperidine rings is 1. The minimum atomic E-state index is -0.141. The maximum absolute atomic E-state index is 12.6. The highest BCUT2D eigenvalue weighted by atomic mass is 79.9. The number of rotatable bonds is 4. The largest absolute Gasteiger partial charge is 0.496 e. The van der Waals surface area contributed by atoms with Crippen molar-refractivity contribution in [1.29, 1.82) is 0 Å². The molecule has 136 valence electrons. The highest BCUT2D eigenvalue weighted by molar-refractivity contribution is 9.10. The number of ether oxygens (including phenoxy) is 1. The molecule has 2 amide bonds. The van der Waals surface area contributed by atoms with Gasteiger partial charge in [-0.05, 0) is 53.0 Å². The third-order valence-corrected chi connectivity index (χ3v) is 5.26. The predicted molar refractivity (Wildman–Crippen MR) is 104 cm³/mol. The lowest BCUT2D eigenvalue weighted by Crippen LogP contribution is -2.46. The fraction of sp³-hybridized carbons (Fsp3) is 0.300. The number of methoxy groups -OCH3 is 1. The van der Waals surface area contributed by atoms with Gasteiger partial charge in [0, 0.05) is 23.6 Å². The highest BCUT2D eigenvalue weighted by Crippen LogP contribution is 2.21. The number of likely N-dealkylation sites (tertiary alicyclic amines) is 1. The van der Waals surface area contributed by atoms with Gasteiger partial charge in [-0.2, -0.15) is 0 Å². The van der Waals surface area contributed by atoms with E-state index in [-0.39, 0.29) is 17.9 Å². The first-order valence-electron chi connectivity index (χ1n) is 8.58. The molecule has 1 saturated heterocycles. The Morgan fingerprint density at radius 3 is 2.31 bits per heavy atom. The van der Waals surface area contributed by atoms with Crippen LogP contribution in [0.3, 0.4) is 0 Å². The number of carbonyl (C=O) groups excluding carboxylic acids is 2. The monoisotopic (exact) mass is 416 g/mol. The van der Waals surface area contributed by atoms with Crippen molar-refractivity contribution >= 4 is 27.7 Å². The average Bonchev–Trinajstić information content (AvgIpc) is 2.68. The molecule has 0 aromatic heterocycles. The minimum Gasteiger partial charge on any atom is -0.496 e. The quantitative estimate of drug-likeness (QED) is 0.829. The Morgan fingerprint density at radius 2 is 1.65 bits per heavy atom. The van der Waals surface area contributed by atoms with Crippen LogP contribution >= 0.6 is 15.9 Å². The number of halogens is 1. The van der Waals surface area contributed by atoms with Gasteiger partial charge < -0.3 is 15.0 Å². The molecular weight excluding hydrogens is 396 g/mol. The van der Waals surface area contributed by atoms with E-state index in [2.05, 4.69) is 21.2 Å².